The zero-order valence-electron chi connectivity index (χ0n) is 13.6. The van der Waals surface area contributed by atoms with E-state index in [9.17, 15) is 14.7 Å². The molecule has 0 saturated heterocycles. The molecule has 0 atom stereocenters. The molecule has 0 aliphatic rings. The highest BCUT2D eigenvalue weighted by atomic mass is 35.5. The Morgan fingerprint density at radius 1 is 1.28 bits per heavy atom. The number of carboxylic acids is 1. The van der Waals surface area contributed by atoms with Crippen molar-refractivity contribution in [2.75, 3.05) is 7.11 Å². The topological polar surface area (TPSA) is 81.4 Å². The summed E-state index contributed by atoms with van der Waals surface area (Å²) < 4.78 is 6.72. The molecule has 7 heteroatoms. The number of pyridine rings is 1. The molecule has 2 heterocycles. The van der Waals surface area contributed by atoms with Gasteiger partial charge in [-0.25, -0.2) is 4.98 Å². The third kappa shape index (κ3) is 3.08. The predicted octanol–water partition coefficient (Wildman–Crippen LogP) is 3.32. The number of aromatic nitrogens is 2. The largest absolute Gasteiger partial charge is 0.497 e. The molecule has 1 N–H and O–H groups in total. The van der Waals surface area contributed by atoms with Gasteiger partial charge in [-0.15, -0.1) is 0 Å². The number of carbonyl (C=O) groups excluding carboxylic acids is 1. The summed E-state index contributed by atoms with van der Waals surface area (Å²) in [5.74, 6) is -0.670. The number of benzene rings is 1. The third-order valence-corrected chi connectivity index (χ3v) is 4.27. The second-order valence-corrected chi connectivity index (χ2v) is 5.91. The van der Waals surface area contributed by atoms with Crippen LogP contribution in [0.5, 0.6) is 5.75 Å². The summed E-state index contributed by atoms with van der Waals surface area (Å²) in [5.41, 5.74) is 2.14. The minimum absolute atomic E-state index is 0.186. The first-order valence-electron chi connectivity index (χ1n) is 7.48. The van der Waals surface area contributed by atoms with Crippen molar-refractivity contribution in [2.24, 2.45) is 0 Å². The van der Waals surface area contributed by atoms with Crippen molar-refractivity contribution in [3.05, 3.63) is 58.5 Å². The van der Waals surface area contributed by atoms with Crippen LogP contribution in [0.2, 0.25) is 5.15 Å². The van der Waals surface area contributed by atoms with E-state index < -0.39 is 5.97 Å². The first kappa shape index (κ1) is 17.0. The second-order valence-electron chi connectivity index (χ2n) is 5.53. The van der Waals surface area contributed by atoms with E-state index in [1.165, 1.54) is 23.9 Å². The lowest BCUT2D eigenvalue weighted by Gasteiger charge is -2.07. The number of aliphatic carboxylic acids is 1. The van der Waals surface area contributed by atoms with Crippen molar-refractivity contribution in [1.29, 1.82) is 0 Å². The Kier molecular flexibility index (Phi) is 4.46. The Morgan fingerprint density at radius 2 is 2.04 bits per heavy atom. The van der Waals surface area contributed by atoms with Crippen LogP contribution in [0.1, 0.15) is 21.6 Å². The van der Waals surface area contributed by atoms with Crippen molar-refractivity contribution >= 4 is 34.4 Å². The van der Waals surface area contributed by atoms with Gasteiger partial charge in [-0.05, 0) is 42.8 Å². The molecule has 0 aliphatic heterocycles. The molecule has 25 heavy (non-hydrogen) atoms. The molecule has 6 nitrogen and oxygen atoms in total. The van der Waals surface area contributed by atoms with Crippen LogP contribution in [0, 0.1) is 6.92 Å². The monoisotopic (exact) mass is 358 g/mol. The number of hydrogen-bond acceptors (Lipinski definition) is 4. The van der Waals surface area contributed by atoms with Gasteiger partial charge in [-0.1, -0.05) is 11.6 Å². The molecule has 3 rings (SSSR count). The number of methoxy groups -OCH3 is 1. The maximum absolute atomic E-state index is 12.9. The van der Waals surface area contributed by atoms with Crippen LogP contribution in [0.3, 0.4) is 0 Å². The molecule has 0 bridgehead atoms. The highest BCUT2D eigenvalue weighted by molar-refractivity contribution is 6.29. The molecule has 0 unspecified atom stereocenters. The summed E-state index contributed by atoms with van der Waals surface area (Å²) in [5, 5.41) is 10.2. The number of carbonyl (C=O) groups is 2. The van der Waals surface area contributed by atoms with Gasteiger partial charge in [-0.3, -0.25) is 14.2 Å². The highest BCUT2D eigenvalue weighted by Crippen LogP contribution is 2.30. The fraction of sp³-hybridized carbons (Fsp3) is 0.167. The summed E-state index contributed by atoms with van der Waals surface area (Å²) >= 11 is 5.78. The molecular formula is C18H15ClN2O4. The number of nitrogens with zero attached hydrogens (tertiary/aromatic N) is 2. The summed E-state index contributed by atoms with van der Waals surface area (Å²) in [7, 11) is 1.53. The van der Waals surface area contributed by atoms with Gasteiger partial charge in [0.25, 0.3) is 5.91 Å². The lowest BCUT2D eigenvalue weighted by atomic mass is 10.1. The van der Waals surface area contributed by atoms with Gasteiger partial charge in [0.1, 0.15) is 10.9 Å². The zero-order chi connectivity index (χ0) is 18.1. The number of ether oxygens (including phenoxy) is 1. The zero-order valence-corrected chi connectivity index (χ0v) is 14.4. The summed E-state index contributed by atoms with van der Waals surface area (Å²) in [6.07, 6.45) is 1.21. The molecule has 0 aliphatic carbocycles. The van der Waals surface area contributed by atoms with E-state index in [2.05, 4.69) is 4.98 Å². The van der Waals surface area contributed by atoms with Crippen LogP contribution in [0.15, 0.2) is 36.5 Å². The molecule has 0 radical (unpaired) electrons. The number of carboxylic acid groups (broad SMARTS) is 1. The van der Waals surface area contributed by atoms with Gasteiger partial charge in [-0.2, -0.15) is 0 Å². The molecule has 3 aromatic rings. The van der Waals surface area contributed by atoms with Gasteiger partial charge in [0.2, 0.25) is 0 Å². The SMILES string of the molecule is COc1ccc2c(c1)c(CC(=O)O)c(C)n2C(=O)c1ccc(Cl)nc1. The maximum atomic E-state index is 12.9. The molecule has 0 amide bonds. The van der Waals surface area contributed by atoms with E-state index in [0.29, 0.717) is 38.6 Å². The Hall–Kier alpha value is -2.86. The second kappa shape index (κ2) is 6.57. The number of halogens is 1. The van der Waals surface area contributed by atoms with E-state index >= 15 is 0 Å². The third-order valence-electron chi connectivity index (χ3n) is 4.05. The minimum Gasteiger partial charge on any atom is -0.497 e. The van der Waals surface area contributed by atoms with E-state index in [1.807, 2.05) is 0 Å². The van der Waals surface area contributed by atoms with Crippen LogP contribution in [0.25, 0.3) is 10.9 Å². The van der Waals surface area contributed by atoms with E-state index in [1.54, 1.807) is 31.2 Å². The standard InChI is InChI=1S/C18H15ClN2O4/c1-10-13(8-17(22)23)14-7-12(25-2)4-5-15(14)21(10)18(24)11-3-6-16(19)20-9-11/h3-7,9H,8H2,1-2H3,(H,22,23). The molecule has 0 spiro atoms. The Labute approximate surface area is 148 Å². The first-order chi connectivity index (χ1) is 11.9. The van der Waals surface area contributed by atoms with Crippen LogP contribution in [0.4, 0.5) is 0 Å². The Bertz CT molecular complexity index is 977. The van der Waals surface area contributed by atoms with Crippen molar-refractivity contribution in [1.82, 2.24) is 9.55 Å². The van der Waals surface area contributed by atoms with E-state index in [-0.39, 0.29) is 12.3 Å². The van der Waals surface area contributed by atoms with Gasteiger partial charge >= 0.3 is 5.97 Å². The molecule has 0 fully saturated rings. The maximum Gasteiger partial charge on any atom is 0.307 e. The lowest BCUT2D eigenvalue weighted by Crippen LogP contribution is -2.14. The summed E-state index contributed by atoms with van der Waals surface area (Å²) in [6.45, 7) is 1.73. The smallest absolute Gasteiger partial charge is 0.307 e. The highest BCUT2D eigenvalue weighted by Gasteiger charge is 2.22. The van der Waals surface area contributed by atoms with E-state index in [4.69, 9.17) is 16.3 Å². The molecule has 2 aromatic heterocycles. The van der Waals surface area contributed by atoms with Crippen LogP contribution >= 0.6 is 11.6 Å². The van der Waals surface area contributed by atoms with Crippen molar-refractivity contribution < 1.29 is 19.4 Å². The minimum atomic E-state index is -0.967. The quantitative estimate of drug-likeness (QED) is 0.723. The lowest BCUT2D eigenvalue weighted by molar-refractivity contribution is -0.136. The normalized spacial score (nSPS) is 10.8. The molecule has 1 aromatic carbocycles. The Balaban J connectivity index is 2.23. The number of fused-ring (bicyclic) bond motifs is 1. The van der Waals surface area contributed by atoms with Gasteiger partial charge in [0.05, 0.1) is 24.6 Å². The Morgan fingerprint density at radius 3 is 2.64 bits per heavy atom. The fourth-order valence-electron chi connectivity index (χ4n) is 2.86. The van der Waals surface area contributed by atoms with Crippen molar-refractivity contribution in [3.8, 4) is 5.75 Å². The predicted molar refractivity (Wildman–Crippen MR) is 93.5 cm³/mol. The van der Waals surface area contributed by atoms with Crippen LogP contribution in [-0.4, -0.2) is 33.6 Å². The van der Waals surface area contributed by atoms with Crippen molar-refractivity contribution in [3.63, 3.8) is 0 Å². The van der Waals surface area contributed by atoms with Gasteiger partial charge < -0.3 is 9.84 Å². The van der Waals surface area contributed by atoms with Crippen LogP contribution in [-0.2, 0) is 11.2 Å². The van der Waals surface area contributed by atoms with Gasteiger partial charge in [0.15, 0.2) is 0 Å². The summed E-state index contributed by atoms with van der Waals surface area (Å²) in [4.78, 5) is 28.1. The van der Waals surface area contributed by atoms with Crippen molar-refractivity contribution in [2.45, 2.75) is 13.3 Å². The first-order valence-corrected chi connectivity index (χ1v) is 7.86. The average molecular weight is 359 g/mol. The number of hydrogen-bond donors (Lipinski definition) is 1. The molecular weight excluding hydrogens is 344 g/mol. The average Bonchev–Trinajstić information content (AvgIpc) is 2.86. The summed E-state index contributed by atoms with van der Waals surface area (Å²) in [6, 6.07) is 8.34. The molecule has 128 valence electrons. The van der Waals surface area contributed by atoms with E-state index in [0.717, 1.165) is 0 Å². The molecule has 0 saturated carbocycles. The van der Waals surface area contributed by atoms with Gasteiger partial charge in [0, 0.05) is 17.3 Å². The number of rotatable bonds is 4. The van der Waals surface area contributed by atoms with Crippen LogP contribution < -0.4 is 4.74 Å². The fourth-order valence-corrected chi connectivity index (χ4v) is 2.97.